The minimum atomic E-state index is -0.500. The van der Waals surface area contributed by atoms with Crippen LogP contribution in [0.15, 0.2) is 24.3 Å². The molecular formula is C16H23NO3. The van der Waals surface area contributed by atoms with Crippen LogP contribution in [0.3, 0.4) is 0 Å². The summed E-state index contributed by atoms with van der Waals surface area (Å²) in [4.78, 5) is 11.7. The summed E-state index contributed by atoms with van der Waals surface area (Å²) in [6.07, 6.45) is 3.63. The van der Waals surface area contributed by atoms with E-state index in [-0.39, 0.29) is 19.1 Å². The van der Waals surface area contributed by atoms with Gasteiger partial charge in [-0.05, 0) is 30.4 Å². The number of aryl methyl sites for hydroxylation is 1. The molecule has 1 aromatic carbocycles. The Morgan fingerprint density at radius 2 is 2.25 bits per heavy atom. The van der Waals surface area contributed by atoms with Crippen LogP contribution >= 0.6 is 0 Å². The molecule has 110 valence electrons. The molecule has 20 heavy (non-hydrogen) atoms. The van der Waals surface area contributed by atoms with Gasteiger partial charge in [0, 0.05) is 0 Å². The number of carbonyl (C=O) groups excluding carboxylic acids is 1. The van der Waals surface area contributed by atoms with Crippen molar-refractivity contribution in [1.29, 1.82) is 0 Å². The van der Waals surface area contributed by atoms with Gasteiger partial charge in [-0.1, -0.05) is 37.6 Å². The van der Waals surface area contributed by atoms with Crippen LogP contribution in [-0.4, -0.2) is 30.8 Å². The summed E-state index contributed by atoms with van der Waals surface area (Å²) < 4.78 is 5.14. The fourth-order valence-corrected chi connectivity index (χ4v) is 2.71. The van der Waals surface area contributed by atoms with Crippen LogP contribution in [0, 0.1) is 0 Å². The summed E-state index contributed by atoms with van der Waals surface area (Å²) in [5.41, 5.74) is 1.85. The number of hydrogen-bond donors (Lipinski definition) is 2. The van der Waals surface area contributed by atoms with Crippen molar-refractivity contribution in [2.75, 3.05) is 19.8 Å². The Labute approximate surface area is 120 Å². The van der Waals surface area contributed by atoms with Gasteiger partial charge >= 0.3 is 5.97 Å². The van der Waals surface area contributed by atoms with Crippen molar-refractivity contribution >= 4 is 5.97 Å². The number of esters is 1. The lowest BCUT2D eigenvalue weighted by atomic mass is 9.92. The molecule has 1 aromatic rings. The highest BCUT2D eigenvalue weighted by Gasteiger charge is 2.37. The van der Waals surface area contributed by atoms with Gasteiger partial charge in [0.2, 0.25) is 0 Å². The molecule has 0 saturated carbocycles. The van der Waals surface area contributed by atoms with Gasteiger partial charge in [-0.15, -0.1) is 0 Å². The lowest BCUT2D eigenvalue weighted by Crippen LogP contribution is -2.46. The van der Waals surface area contributed by atoms with E-state index in [0.29, 0.717) is 6.61 Å². The highest BCUT2D eigenvalue weighted by Crippen LogP contribution is 2.36. The third kappa shape index (κ3) is 3.19. The molecule has 4 nitrogen and oxygen atoms in total. The van der Waals surface area contributed by atoms with Crippen LogP contribution in [0.1, 0.15) is 37.3 Å². The molecule has 4 heteroatoms. The van der Waals surface area contributed by atoms with E-state index in [0.717, 1.165) is 31.2 Å². The molecule has 0 saturated heterocycles. The van der Waals surface area contributed by atoms with Crippen molar-refractivity contribution in [3.05, 3.63) is 35.4 Å². The second kappa shape index (κ2) is 6.86. The number of aliphatic hydroxyl groups excluding tert-OH is 1. The summed E-state index contributed by atoms with van der Waals surface area (Å²) in [6.45, 7) is 2.66. The number of fused-ring (bicyclic) bond motifs is 1. The van der Waals surface area contributed by atoms with E-state index in [1.54, 1.807) is 0 Å². The Hall–Kier alpha value is -1.39. The fourth-order valence-electron chi connectivity index (χ4n) is 2.71. The van der Waals surface area contributed by atoms with Crippen LogP contribution in [0.4, 0.5) is 0 Å². The highest BCUT2D eigenvalue weighted by atomic mass is 16.5. The van der Waals surface area contributed by atoms with Gasteiger partial charge in [-0.3, -0.25) is 10.1 Å². The molecule has 0 radical (unpaired) electrons. The highest BCUT2D eigenvalue weighted by molar-refractivity contribution is 5.71. The van der Waals surface area contributed by atoms with Gasteiger partial charge in [0.25, 0.3) is 0 Å². The zero-order valence-electron chi connectivity index (χ0n) is 12.0. The topological polar surface area (TPSA) is 58.6 Å². The van der Waals surface area contributed by atoms with Gasteiger partial charge in [-0.2, -0.15) is 0 Å². The molecule has 0 fully saturated rings. The van der Waals surface area contributed by atoms with Crippen LogP contribution in [0.2, 0.25) is 0 Å². The number of unbranched alkanes of at least 4 members (excludes halogenated alkanes) is 1. The Balaban J connectivity index is 1.95. The van der Waals surface area contributed by atoms with E-state index in [2.05, 4.69) is 18.3 Å². The lowest BCUT2D eigenvalue weighted by molar-refractivity contribution is -0.143. The Morgan fingerprint density at radius 1 is 1.45 bits per heavy atom. The fraction of sp³-hybridized carbons (Fsp3) is 0.562. The van der Waals surface area contributed by atoms with E-state index in [4.69, 9.17) is 4.74 Å². The van der Waals surface area contributed by atoms with Gasteiger partial charge in [0.15, 0.2) is 0 Å². The van der Waals surface area contributed by atoms with Crippen molar-refractivity contribution in [2.24, 2.45) is 0 Å². The van der Waals surface area contributed by atoms with Crippen molar-refractivity contribution in [2.45, 2.75) is 38.1 Å². The zero-order chi connectivity index (χ0) is 14.4. The second-order valence-electron chi connectivity index (χ2n) is 5.32. The molecule has 1 unspecified atom stereocenters. The molecule has 0 spiro atoms. The number of nitrogens with one attached hydrogen (secondary N) is 1. The standard InChI is InChI=1S/C16H23NO3/c1-2-3-10-20-15(19)11-17-16(12-18)9-8-13-6-4-5-7-14(13)16/h4-7,17-18H,2-3,8-12H2,1H3. The average molecular weight is 277 g/mol. The van der Waals surface area contributed by atoms with Crippen molar-refractivity contribution < 1.29 is 14.6 Å². The van der Waals surface area contributed by atoms with E-state index < -0.39 is 5.54 Å². The summed E-state index contributed by atoms with van der Waals surface area (Å²) >= 11 is 0. The summed E-state index contributed by atoms with van der Waals surface area (Å²) in [5, 5.41) is 13.0. The Morgan fingerprint density at radius 3 is 3.00 bits per heavy atom. The molecule has 0 aliphatic heterocycles. The van der Waals surface area contributed by atoms with Gasteiger partial charge in [0.1, 0.15) is 0 Å². The van der Waals surface area contributed by atoms with Crippen LogP contribution < -0.4 is 5.32 Å². The maximum atomic E-state index is 11.7. The summed E-state index contributed by atoms with van der Waals surface area (Å²) in [5.74, 6) is -0.254. The maximum Gasteiger partial charge on any atom is 0.319 e. The first-order valence-electron chi connectivity index (χ1n) is 7.32. The summed E-state index contributed by atoms with van der Waals surface area (Å²) in [6, 6.07) is 8.07. The SMILES string of the molecule is CCCCOC(=O)CNC1(CO)CCc2ccccc21. The van der Waals surface area contributed by atoms with Crippen LogP contribution in [-0.2, 0) is 21.5 Å². The molecule has 0 heterocycles. The number of aliphatic hydroxyl groups is 1. The predicted octanol–water partition coefficient (Wildman–Crippen LogP) is 1.75. The molecule has 1 aliphatic rings. The first kappa shape index (κ1) is 15.0. The maximum absolute atomic E-state index is 11.7. The minimum Gasteiger partial charge on any atom is -0.465 e. The normalized spacial score (nSPS) is 20.7. The third-order valence-corrected chi connectivity index (χ3v) is 3.96. The quantitative estimate of drug-likeness (QED) is 0.589. The molecule has 2 N–H and O–H groups in total. The number of hydrogen-bond acceptors (Lipinski definition) is 4. The molecule has 0 amide bonds. The second-order valence-corrected chi connectivity index (χ2v) is 5.32. The first-order chi connectivity index (χ1) is 9.72. The van der Waals surface area contributed by atoms with Gasteiger partial charge in [-0.25, -0.2) is 0 Å². The van der Waals surface area contributed by atoms with Gasteiger partial charge < -0.3 is 9.84 Å². The van der Waals surface area contributed by atoms with Gasteiger partial charge in [0.05, 0.1) is 25.3 Å². The summed E-state index contributed by atoms with van der Waals surface area (Å²) in [7, 11) is 0. The van der Waals surface area contributed by atoms with E-state index in [9.17, 15) is 9.90 Å². The van der Waals surface area contributed by atoms with Crippen LogP contribution in [0.5, 0.6) is 0 Å². The first-order valence-corrected chi connectivity index (χ1v) is 7.32. The average Bonchev–Trinajstić information content (AvgIpc) is 2.85. The van der Waals surface area contributed by atoms with E-state index >= 15 is 0 Å². The molecule has 0 bridgehead atoms. The predicted molar refractivity (Wildman–Crippen MR) is 77.4 cm³/mol. The molecule has 1 aliphatic carbocycles. The van der Waals surface area contributed by atoms with E-state index in [1.807, 2.05) is 18.2 Å². The number of rotatable bonds is 7. The number of carbonyl (C=O) groups is 1. The van der Waals surface area contributed by atoms with Crippen molar-refractivity contribution in [1.82, 2.24) is 5.32 Å². The smallest absolute Gasteiger partial charge is 0.319 e. The molecule has 0 aromatic heterocycles. The molecule has 1 atom stereocenters. The van der Waals surface area contributed by atoms with Crippen LogP contribution in [0.25, 0.3) is 0 Å². The Kier molecular flexibility index (Phi) is 5.15. The third-order valence-electron chi connectivity index (χ3n) is 3.96. The number of ether oxygens (including phenoxy) is 1. The largest absolute Gasteiger partial charge is 0.465 e. The molecule has 2 rings (SSSR count). The monoisotopic (exact) mass is 277 g/mol. The zero-order valence-corrected chi connectivity index (χ0v) is 12.0. The van der Waals surface area contributed by atoms with Crippen molar-refractivity contribution in [3.8, 4) is 0 Å². The Bertz CT molecular complexity index is 461. The lowest BCUT2D eigenvalue weighted by Gasteiger charge is -2.29. The number of benzene rings is 1. The van der Waals surface area contributed by atoms with Crippen molar-refractivity contribution in [3.63, 3.8) is 0 Å². The molecular weight excluding hydrogens is 254 g/mol. The minimum absolute atomic E-state index is 0.00769. The van der Waals surface area contributed by atoms with E-state index in [1.165, 1.54) is 5.56 Å².